The lowest BCUT2D eigenvalue weighted by molar-refractivity contribution is 0.0909. The van der Waals surface area contributed by atoms with Gasteiger partial charge in [0.2, 0.25) is 11.6 Å². The van der Waals surface area contributed by atoms with Crippen molar-refractivity contribution in [1.29, 1.82) is 0 Å². The van der Waals surface area contributed by atoms with E-state index in [1.54, 1.807) is 53.1 Å². The summed E-state index contributed by atoms with van der Waals surface area (Å²) < 4.78 is 6.67. The Morgan fingerprint density at radius 2 is 1.80 bits per heavy atom. The molecule has 0 amide bonds. The number of allylic oxidation sites excluding steroid dienone is 2. The summed E-state index contributed by atoms with van der Waals surface area (Å²) >= 11 is 0. The summed E-state index contributed by atoms with van der Waals surface area (Å²) in [4.78, 5) is 38.4. The predicted molar refractivity (Wildman–Crippen MR) is 91.0 cm³/mol. The van der Waals surface area contributed by atoms with Crippen molar-refractivity contribution in [2.75, 3.05) is 7.11 Å². The average Bonchev–Trinajstić information content (AvgIpc) is 3.11. The fraction of sp³-hybridized carbons (Fsp3) is 0.0500. The number of ketones is 3. The Balaban J connectivity index is 2.06. The molecule has 5 nitrogen and oxygen atoms in total. The van der Waals surface area contributed by atoms with Crippen LogP contribution in [0.5, 0.6) is 0 Å². The van der Waals surface area contributed by atoms with E-state index in [0.717, 1.165) is 0 Å². The molecule has 0 atom stereocenters. The number of carbonyl (C=O) groups is 3. The number of nitrogens with zero attached hydrogens (tertiary/aromatic N) is 1. The van der Waals surface area contributed by atoms with E-state index in [-0.39, 0.29) is 34.1 Å². The van der Waals surface area contributed by atoms with Crippen LogP contribution < -0.4 is 0 Å². The van der Waals surface area contributed by atoms with E-state index in [0.29, 0.717) is 11.1 Å². The molecule has 1 aliphatic carbocycles. The number of pyridine rings is 1. The Bertz CT molecular complexity index is 1070. The van der Waals surface area contributed by atoms with Gasteiger partial charge >= 0.3 is 0 Å². The number of benzene rings is 1. The molecule has 0 spiro atoms. The second-order valence-electron chi connectivity index (χ2n) is 5.69. The lowest BCUT2D eigenvalue weighted by Gasteiger charge is -2.19. The highest BCUT2D eigenvalue weighted by atomic mass is 16.5. The summed E-state index contributed by atoms with van der Waals surface area (Å²) in [5.41, 5.74) is 1.59. The smallest absolute Gasteiger partial charge is 0.230 e. The molecule has 3 aromatic rings. The van der Waals surface area contributed by atoms with Crippen LogP contribution in [0.4, 0.5) is 0 Å². The highest BCUT2D eigenvalue weighted by Crippen LogP contribution is 2.29. The van der Waals surface area contributed by atoms with E-state index in [4.69, 9.17) is 4.74 Å². The van der Waals surface area contributed by atoms with Gasteiger partial charge in [-0.2, -0.15) is 0 Å². The molecule has 0 N–H and O–H groups in total. The maximum absolute atomic E-state index is 13.1. The molecule has 2 heterocycles. The number of aromatic nitrogens is 1. The third kappa shape index (κ3) is 2.21. The van der Waals surface area contributed by atoms with Gasteiger partial charge in [0.25, 0.3) is 0 Å². The van der Waals surface area contributed by atoms with Gasteiger partial charge in [0.15, 0.2) is 11.5 Å². The SMILES string of the molecule is COC1=CC(=O)c2cc3cccn3c(C(=O)c3ccccc3)c2C1=O. The van der Waals surface area contributed by atoms with E-state index >= 15 is 0 Å². The van der Waals surface area contributed by atoms with Crippen LogP contribution in [0.1, 0.15) is 36.8 Å². The molecule has 0 saturated heterocycles. The van der Waals surface area contributed by atoms with Crippen molar-refractivity contribution < 1.29 is 19.1 Å². The number of Topliss-reactive ketones (excluding diaryl/α,β-unsaturated/α-hetero) is 1. The Morgan fingerprint density at radius 1 is 1.04 bits per heavy atom. The van der Waals surface area contributed by atoms with E-state index in [1.165, 1.54) is 13.2 Å². The quantitative estimate of drug-likeness (QED) is 0.692. The summed E-state index contributed by atoms with van der Waals surface area (Å²) in [6.45, 7) is 0. The number of fused-ring (bicyclic) bond motifs is 2. The average molecular weight is 331 g/mol. The molecule has 0 fully saturated rings. The minimum atomic E-state index is -0.466. The van der Waals surface area contributed by atoms with Gasteiger partial charge in [-0.3, -0.25) is 14.4 Å². The lowest BCUT2D eigenvalue weighted by atomic mass is 9.89. The number of ether oxygens (including phenoxy) is 1. The van der Waals surface area contributed by atoms with Crippen LogP contribution in [0.25, 0.3) is 5.52 Å². The van der Waals surface area contributed by atoms with Gasteiger partial charge in [-0.05, 0) is 18.2 Å². The molecule has 2 aromatic heterocycles. The zero-order valence-electron chi connectivity index (χ0n) is 13.4. The summed E-state index contributed by atoms with van der Waals surface area (Å²) in [6, 6.07) is 13.9. The molecule has 0 radical (unpaired) electrons. The molecule has 0 saturated carbocycles. The van der Waals surface area contributed by atoms with Gasteiger partial charge in [-0.15, -0.1) is 0 Å². The van der Waals surface area contributed by atoms with Crippen LogP contribution >= 0.6 is 0 Å². The summed E-state index contributed by atoms with van der Waals surface area (Å²) in [6.07, 6.45) is 2.87. The van der Waals surface area contributed by atoms with Gasteiger partial charge in [-0.25, -0.2) is 0 Å². The van der Waals surface area contributed by atoms with Gasteiger partial charge in [0.1, 0.15) is 5.69 Å². The predicted octanol–water partition coefficient (Wildman–Crippen LogP) is 3.08. The number of rotatable bonds is 3. The number of carbonyl (C=O) groups excluding carboxylic acids is 3. The van der Waals surface area contributed by atoms with Crippen LogP contribution in [-0.2, 0) is 4.74 Å². The van der Waals surface area contributed by atoms with E-state index < -0.39 is 5.78 Å². The van der Waals surface area contributed by atoms with E-state index in [9.17, 15) is 14.4 Å². The van der Waals surface area contributed by atoms with Crippen LogP contribution in [0.3, 0.4) is 0 Å². The number of methoxy groups -OCH3 is 1. The first-order valence-electron chi connectivity index (χ1n) is 7.70. The molecule has 25 heavy (non-hydrogen) atoms. The Hall–Kier alpha value is -3.47. The minimum Gasteiger partial charge on any atom is -0.492 e. The monoisotopic (exact) mass is 331 g/mol. The topological polar surface area (TPSA) is 64.8 Å². The summed E-state index contributed by atoms with van der Waals surface area (Å²) in [7, 11) is 1.33. The lowest BCUT2D eigenvalue weighted by Crippen LogP contribution is -2.24. The molecule has 0 unspecified atom stereocenters. The van der Waals surface area contributed by atoms with Gasteiger partial charge < -0.3 is 9.14 Å². The van der Waals surface area contributed by atoms with E-state index in [2.05, 4.69) is 0 Å². The van der Waals surface area contributed by atoms with Crippen molar-refractivity contribution in [3.05, 3.63) is 88.9 Å². The molecule has 4 rings (SSSR count). The first-order valence-corrected chi connectivity index (χ1v) is 7.70. The first kappa shape index (κ1) is 15.1. The third-order valence-corrected chi connectivity index (χ3v) is 4.27. The fourth-order valence-electron chi connectivity index (χ4n) is 3.09. The normalized spacial score (nSPS) is 13.6. The summed E-state index contributed by atoms with van der Waals surface area (Å²) in [5.74, 6) is -1.20. The Kier molecular flexibility index (Phi) is 3.35. The van der Waals surface area contributed by atoms with Crippen molar-refractivity contribution in [3.8, 4) is 0 Å². The number of hydrogen-bond donors (Lipinski definition) is 0. The maximum atomic E-state index is 13.1. The highest BCUT2D eigenvalue weighted by Gasteiger charge is 2.33. The Morgan fingerprint density at radius 3 is 2.52 bits per heavy atom. The van der Waals surface area contributed by atoms with Crippen molar-refractivity contribution in [2.24, 2.45) is 0 Å². The Labute approximate surface area is 143 Å². The minimum absolute atomic E-state index is 0.0638. The highest BCUT2D eigenvalue weighted by molar-refractivity contribution is 6.28. The molecule has 0 aliphatic heterocycles. The molecule has 122 valence electrons. The third-order valence-electron chi connectivity index (χ3n) is 4.27. The number of hydrogen-bond acceptors (Lipinski definition) is 4. The van der Waals surface area contributed by atoms with Crippen LogP contribution in [-0.4, -0.2) is 28.9 Å². The van der Waals surface area contributed by atoms with Gasteiger partial charge in [0, 0.05) is 28.9 Å². The van der Waals surface area contributed by atoms with Gasteiger partial charge in [0.05, 0.1) is 12.7 Å². The zero-order valence-corrected chi connectivity index (χ0v) is 13.4. The second-order valence-corrected chi connectivity index (χ2v) is 5.69. The van der Waals surface area contributed by atoms with Crippen molar-refractivity contribution >= 4 is 22.9 Å². The van der Waals surface area contributed by atoms with Crippen LogP contribution in [0, 0.1) is 0 Å². The van der Waals surface area contributed by atoms with Crippen molar-refractivity contribution in [1.82, 2.24) is 4.40 Å². The zero-order chi connectivity index (χ0) is 17.6. The molecule has 1 aromatic carbocycles. The molecule has 0 bridgehead atoms. The largest absolute Gasteiger partial charge is 0.492 e. The molecular weight excluding hydrogens is 318 g/mol. The molecule has 5 heteroatoms. The second kappa shape index (κ2) is 5.56. The fourth-order valence-corrected chi connectivity index (χ4v) is 3.09. The standard InChI is InChI=1S/C20H13NO4/c1-25-16-11-15(22)14-10-13-8-5-9-21(13)18(17(14)20(16)24)19(23)12-6-3-2-4-7-12/h2-11H,1H3. The van der Waals surface area contributed by atoms with Crippen LogP contribution in [0.2, 0.25) is 0 Å². The van der Waals surface area contributed by atoms with Crippen molar-refractivity contribution in [3.63, 3.8) is 0 Å². The van der Waals surface area contributed by atoms with Gasteiger partial charge in [-0.1, -0.05) is 30.3 Å². The maximum Gasteiger partial charge on any atom is 0.230 e. The molecular formula is C20H13NO4. The molecule has 1 aliphatic rings. The van der Waals surface area contributed by atoms with E-state index in [1.807, 2.05) is 6.07 Å². The van der Waals surface area contributed by atoms with Crippen LogP contribution in [0.15, 0.2) is 66.6 Å². The van der Waals surface area contributed by atoms with Crippen molar-refractivity contribution in [2.45, 2.75) is 0 Å². The first-order chi connectivity index (χ1) is 12.1. The summed E-state index contributed by atoms with van der Waals surface area (Å²) in [5, 5.41) is 0.